The SMILES string of the molecule is CC(C)(Nc1ccc(C(F)(F)F)cc1[N+](=O)[O-])P(=O)(O)O.O=[N+]([O-])c1cc(C(F)(F)F)ccc1NC(c1ccccc1)P(=O)(O)O. The van der Waals surface area contributed by atoms with Gasteiger partial charge in [0.15, 0.2) is 5.78 Å². The highest BCUT2D eigenvalue weighted by atomic mass is 31.2. The van der Waals surface area contributed by atoms with Crippen LogP contribution in [0.4, 0.5) is 49.1 Å². The van der Waals surface area contributed by atoms with Crippen molar-refractivity contribution in [2.45, 2.75) is 37.3 Å². The zero-order valence-corrected chi connectivity index (χ0v) is 25.0. The van der Waals surface area contributed by atoms with Crippen LogP contribution in [0.25, 0.3) is 0 Å². The minimum Gasteiger partial charge on any atom is -0.364 e. The largest absolute Gasteiger partial charge is 0.416 e. The van der Waals surface area contributed by atoms with Crippen molar-refractivity contribution < 1.29 is 64.9 Å². The molecule has 3 aromatic carbocycles. The van der Waals surface area contributed by atoms with Crippen LogP contribution in [0.5, 0.6) is 0 Å². The summed E-state index contributed by atoms with van der Waals surface area (Å²) in [6, 6.07) is 10.7. The van der Waals surface area contributed by atoms with Gasteiger partial charge in [-0.15, -0.1) is 0 Å². The lowest BCUT2D eigenvalue weighted by Crippen LogP contribution is -2.31. The van der Waals surface area contributed by atoms with Crippen LogP contribution in [0.1, 0.15) is 36.3 Å². The number of nitrogens with zero attached hydrogens (tertiary/aromatic N) is 2. The van der Waals surface area contributed by atoms with Gasteiger partial charge in [-0.2, -0.15) is 26.3 Å². The molecule has 3 aromatic rings. The molecular weight excluding hydrogens is 680 g/mol. The number of hydrogen-bond acceptors (Lipinski definition) is 8. The highest BCUT2D eigenvalue weighted by Gasteiger charge is 2.40. The second-order valence-corrected chi connectivity index (χ2v) is 13.6. The summed E-state index contributed by atoms with van der Waals surface area (Å²) < 4.78 is 98.7. The van der Waals surface area contributed by atoms with Crippen LogP contribution < -0.4 is 10.6 Å². The molecule has 0 spiro atoms. The number of alkyl halides is 6. The van der Waals surface area contributed by atoms with Gasteiger partial charge in [0.25, 0.3) is 11.4 Å². The minimum atomic E-state index is -4.81. The molecule has 0 aliphatic rings. The maximum absolute atomic E-state index is 12.7. The Balaban J connectivity index is 0.000000326. The second-order valence-electron chi connectivity index (χ2n) is 9.75. The lowest BCUT2D eigenvalue weighted by molar-refractivity contribution is -0.384. The predicted octanol–water partition coefficient (Wildman–Crippen LogP) is 6.84. The summed E-state index contributed by atoms with van der Waals surface area (Å²) >= 11 is 0. The van der Waals surface area contributed by atoms with E-state index in [1.807, 2.05) is 0 Å². The third-order valence-electron chi connectivity index (χ3n) is 5.96. The van der Waals surface area contributed by atoms with Crippen LogP contribution >= 0.6 is 15.2 Å². The van der Waals surface area contributed by atoms with Crippen molar-refractivity contribution in [2.75, 3.05) is 10.6 Å². The average Bonchev–Trinajstić information content (AvgIpc) is 2.90. The summed E-state index contributed by atoms with van der Waals surface area (Å²) in [4.78, 5) is 57.0. The highest BCUT2D eigenvalue weighted by molar-refractivity contribution is 7.53. The van der Waals surface area contributed by atoms with Crippen molar-refractivity contribution in [1.82, 2.24) is 0 Å². The number of benzene rings is 3. The average molecular weight is 704 g/mol. The van der Waals surface area contributed by atoms with Crippen LogP contribution in [-0.4, -0.2) is 34.7 Å². The van der Waals surface area contributed by atoms with E-state index < -0.39 is 82.3 Å². The molecule has 0 amide bonds. The van der Waals surface area contributed by atoms with Crippen molar-refractivity contribution in [1.29, 1.82) is 0 Å². The van der Waals surface area contributed by atoms with Crippen LogP contribution in [0, 0.1) is 20.2 Å². The zero-order valence-electron chi connectivity index (χ0n) is 23.2. The van der Waals surface area contributed by atoms with E-state index in [1.54, 1.807) is 6.07 Å². The molecule has 252 valence electrons. The Morgan fingerprint density at radius 3 is 1.50 bits per heavy atom. The Kier molecular flexibility index (Phi) is 11.4. The summed E-state index contributed by atoms with van der Waals surface area (Å²) in [6.45, 7) is 2.16. The number of anilines is 2. The number of rotatable bonds is 9. The molecule has 0 bridgehead atoms. The van der Waals surface area contributed by atoms with E-state index in [4.69, 9.17) is 9.79 Å². The molecular formula is C24H24F6N4O10P2. The van der Waals surface area contributed by atoms with Gasteiger partial charge in [0, 0.05) is 12.1 Å². The van der Waals surface area contributed by atoms with Crippen LogP contribution in [0.2, 0.25) is 0 Å². The van der Waals surface area contributed by atoms with Gasteiger partial charge in [-0.25, -0.2) is 0 Å². The summed E-state index contributed by atoms with van der Waals surface area (Å²) in [7, 11) is -9.50. The third-order valence-corrected chi connectivity index (χ3v) is 8.62. The lowest BCUT2D eigenvalue weighted by atomic mass is 10.1. The van der Waals surface area contributed by atoms with Crippen LogP contribution in [-0.2, 0) is 21.5 Å². The Labute approximate surface area is 254 Å². The molecule has 1 unspecified atom stereocenters. The molecule has 0 aromatic heterocycles. The number of nitrogens with one attached hydrogen (secondary N) is 2. The van der Waals surface area contributed by atoms with Crippen molar-refractivity contribution in [3.63, 3.8) is 0 Å². The number of nitro groups is 2. The molecule has 0 saturated heterocycles. The maximum atomic E-state index is 12.7. The Morgan fingerprint density at radius 2 is 1.13 bits per heavy atom. The third kappa shape index (κ3) is 9.97. The highest BCUT2D eigenvalue weighted by Crippen LogP contribution is 2.53. The number of nitro benzene ring substituents is 2. The van der Waals surface area contributed by atoms with Gasteiger partial charge in [-0.1, -0.05) is 30.3 Å². The fraction of sp³-hybridized carbons (Fsp3) is 0.250. The van der Waals surface area contributed by atoms with Gasteiger partial charge in [0.1, 0.15) is 16.7 Å². The van der Waals surface area contributed by atoms with E-state index in [0.29, 0.717) is 24.3 Å². The Bertz CT molecular complexity index is 1680. The molecule has 0 aliphatic carbocycles. The summed E-state index contributed by atoms with van der Waals surface area (Å²) in [5.74, 6) is -1.65. The summed E-state index contributed by atoms with van der Waals surface area (Å²) in [5, 5.41) is 24.5. The molecule has 0 radical (unpaired) electrons. The first-order chi connectivity index (χ1) is 20.8. The Hall–Kier alpha value is -4.06. The first kappa shape index (κ1) is 38.1. The van der Waals surface area contributed by atoms with E-state index in [0.717, 1.165) is 26.0 Å². The van der Waals surface area contributed by atoms with Crippen LogP contribution in [0.3, 0.4) is 0 Å². The molecule has 6 N–H and O–H groups in total. The van der Waals surface area contributed by atoms with E-state index in [9.17, 15) is 65.5 Å². The number of halogens is 6. The van der Waals surface area contributed by atoms with Gasteiger partial charge in [0.2, 0.25) is 0 Å². The van der Waals surface area contributed by atoms with Gasteiger partial charge >= 0.3 is 27.5 Å². The van der Waals surface area contributed by atoms with Gasteiger partial charge in [-0.05, 0) is 43.7 Å². The van der Waals surface area contributed by atoms with Crippen molar-refractivity contribution in [3.8, 4) is 0 Å². The van der Waals surface area contributed by atoms with Gasteiger partial charge in [-0.3, -0.25) is 29.4 Å². The molecule has 0 heterocycles. The smallest absolute Gasteiger partial charge is 0.364 e. The summed E-state index contributed by atoms with van der Waals surface area (Å²) in [5.41, 5.74) is -5.05. The molecule has 0 fully saturated rings. The molecule has 1 atom stereocenters. The molecule has 14 nitrogen and oxygen atoms in total. The first-order valence-corrected chi connectivity index (χ1v) is 15.5. The monoisotopic (exact) mass is 704 g/mol. The Morgan fingerprint density at radius 1 is 0.717 bits per heavy atom. The predicted molar refractivity (Wildman–Crippen MR) is 151 cm³/mol. The van der Waals surface area contributed by atoms with Crippen LogP contribution in [0.15, 0.2) is 66.7 Å². The van der Waals surface area contributed by atoms with Crippen molar-refractivity contribution >= 4 is 37.9 Å². The van der Waals surface area contributed by atoms with Gasteiger partial charge < -0.3 is 30.2 Å². The topological polar surface area (TPSA) is 225 Å². The fourth-order valence-corrected chi connectivity index (χ4v) is 4.63. The number of hydrogen-bond donors (Lipinski definition) is 6. The van der Waals surface area contributed by atoms with Crippen molar-refractivity contribution in [2.24, 2.45) is 0 Å². The molecule has 0 aliphatic heterocycles. The van der Waals surface area contributed by atoms with E-state index in [1.165, 1.54) is 24.3 Å². The molecule has 46 heavy (non-hydrogen) atoms. The zero-order chi connectivity index (χ0) is 35.5. The molecule has 3 rings (SSSR count). The summed E-state index contributed by atoms with van der Waals surface area (Å²) in [6.07, 6.45) is -9.55. The quantitative estimate of drug-likeness (QED) is 0.0583. The second kappa shape index (κ2) is 13.7. The van der Waals surface area contributed by atoms with Gasteiger partial charge in [0.05, 0.1) is 21.0 Å². The molecule has 0 saturated carbocycles. The minimum absolute atomic E-state index is 0.130. The maximum Gasteiger partial charge on any atom is 0.416 e. The standard InChI is InChI=1S/C14H12F3N2O5P.C10H12F3N2O5P/c15-14(16,17)10-6-7-11(12(8-10)19(20)21)18-13(25(22,23)24)9-4-2-1-3-5-9;1-9(2,21(18,19)20)14-7-4-3-6(10(11,12)13)5-8(7)15(16)17/h1-8,13,18H,(H2,22,23,24);3-5,14H,1-2H3,(H2,18,19,20). The van der Waals surface area contributed by atoms with E-state index in [2.05, 4.69) is 10.6 Å². The molecule has 22 heteroatoms. The van der Waals surface area contributed by atoms with E-state index >= 15 is 0 Å². The van der Waals surface area contributed by atoms with Crippen molar-refractivity contribution in [3.05, 3.63) is 104 Å². The normalized spacial score (nSPS) is 13.2. The lowest BCUT2D eigenvalue weighted by Gasteiger charge is -2.28. The fourth-order valence-electron chi connectivity index (χ4n) is 3.49. The van der Waals surface area contributed by atoms with E-state index in [-0.39, 0.29) is 5.56 Å². The first-order valence-electron chi connectivity index (χ1n) is 12.2.